The third-order valence-electron chi connectivity index (χ3n) is 3.52. The predicted molar refractivity (Wildman–Crippen MR) is 75.0 cm³/mol. The van der Waals surface area contributed by atoms with E-state index < -0.39 is 0 Å². The number of aryl methyl sites for hydroxylation is 2. The maximum absolute atomic E-state index is 5.01. The van der Waals surface area contributed by atoms with Crippen LogP contribution in [0.1, 0.15) is 17.1 Å². The first kappa shape index (κ1) is 12.4. The van der Waals surface area contributed by atoms with Gasteiger partial charge in [-0.1, -0.05) is 24.3 Å². The Hall–Kier alpha value is -1.65. The highest BCUT2D eigenvalue weighted by molar-refractivity contribution is 5.68. The lowest BCUT2D eigenvalue weighted by Gasteiger charge is -2.14. The molecule has 2 aromatic rings. The summed E-state index contributed by atoms with van der Waals surface area (Å²) in [5.74, 6) is 1.01. The van der Waals surface area contributed by atoms with Crippen molar-refractivity contribution in [2.24, 2.45) is 0 Å². The molecule has 100 valence electrons. The Balaban J connectivity index is 1.77. The third kappa shape index (κ3) is 2.55. The van der Waals surface area contributed by atoms with Gasteiger partial charge in [-0.3, -0.25) is 0 Å². The molecule has 1 aliphatic rings. The van der Waals surface area contributed by atoms with Gasteiger partial charge in [0.15, 0.2) is 0 Å². The second-order valence-corrected chi connectivity index (χ2v) is 4.84. The number of H-pyrrole nitrogens is 1. The van der Waals surface area contributed by atoms with E-state index in [0.717, 1.165) is 44.1 Å². The van der Waals surface area contributed by atoms with Gasteiger partial charge in [-0.05, 0) is 18.4 Å². The molecule has 1 aromatic carbocycles. The number of ether oxygens (including phenoxy) is 1. The third-order valence-corrected chi connectivity index (χ3v) is 3.52. The Bertz CT molecular complexity index is 562. The van der Waals surface area contributed by atoms with Crippen LogP contribution in [-0.4, -0.2) is 30.2 Å². The summed E-state index contributed by atoms with van der Waals surface area (Å²) in [6, 6.07) is 8.54. The number of hydrogen-bond acceptors (Lipinski definition) is 3. The minimum atomic E-state index is 0.725. The Morgan fingerprint density at radius 1 is 1.32 bits per heavy atom. The lowest BCUT2D eigenvalue weighted by molar-refractivity contribution is 0.199. The molecule has 0 saturated heterocycles. The number of nitrogens with one attached hydrogen (secondary N) is 2. The van der Waals surface area contributed by atoms with Gasteiger partial charge in [0, 0.05) is 24.9 Å². The van der Waals surface area contributed by atoms with Gasteiger partial charge in [0.05, 0.1) is 18.8 Å². The van der Waals surface area contributed by atoms with E-state index in [-0.39, 0.29) is 0 Å². The Kier molecular flexibility index (Phi) is 3.62. The molecular weight excluding hydrogens is 238 g/mol. The van der Waals surface area contributed by atoms with Crippen molar-refractivity contribution in [3.8, 4) is 11.3 Å². The summed E-state index contributed by atoms with van der Waals surface area (Å²) in [4.78, 5) is 8.17. The van der Waals surface area contributed by atoms with Gasteiger partial charge in [-0.15, -0.1) is 0 Å². The standard InChI is InChI=1S/C15H19N3O/c1-19-9-8-16-10-14-17-13-7-6-11-4-2-3-5-12(11)15(13)18-14/h2-5,16H,6-10H2,1H3,(H,17,18). The lowest BCUT2D eigenvalue weighted by Crippen LogP contribution is -2.19. The van der Waals surface area contributed by atoms with E-state index in [0.29, 0.717) is 0 Å². The van der Waals surface area contributed by atoms with Crippen molar-refractivity contribution in [1.29, 1.82) is 0 Å². The van der Waals surface area contributed by atoms with Crippen molar-refractivity contribution >= 4 is 0 Å². The largest absolute Gasteiger partial charge is 0.383 e. The zero-order valence-corrected chi connectivity index (χ0v) is 11.2. The van der Waals surface area contributed by atoms with Crippen LogP contribution in [0.5, 0.6) is 0 Å². The summed E-state index contributed by atoms with van der Waals surface area (Å²) in [5.41, 5.74) is 5.08. The fraction of sp³-hybridized carbons (Fsp3) is 0.400. The van der Waals surface area contributed by atoms with Crippen LogP contribution in [0, 0.1) is 0 Å². The summed E-state index contributed by atoms with van der Waals surface area (Å²) in [6.07, 6.45) is 2.15. The van der Waals surface area contributed by atoms with Crippen LogP contribution in [0.3, 0.4) is 0 Å². The van der Waals surface area contributed by atoms with Crippen molar-refractivity contribution in [3.63, 3.8) is 0 Å². The molecule has 0 spiro atoms. The maximum atomic E-state index is 5.01. The molecule has 1 aliphatic carbocycles. The van der Waals surface area contributed by atoms with E-state index in [9.17, 15) is 0 Å². The molecule has 0 saturated carbocycles. The zero-order valence-electron chi connectivity index (χ0n) is 11.2. The molecule has 2 N–H and O–H groups in total. The van der Waals surface area contributed by atoms with Crippen molar-refractivity contribution in [3.05, 3.63) is 41.3 Å². The lowest BCUT2D eigenvalue weighted by atomic mass is 9.93. The molecule has 0 unspecified atom stereocenters. The molecule has 3 rings (SSSR count). The van der Waals surface area contributed by atoms with Crippen molar-refractivity contribution in [1.82, 2.24) is 15.3 Å². The number of aromatic nitrogens is 2. The second kappa shape index (κ2) is 5.55. The van der Waals surface area contributed by atoms with Gasteiger partial charge in [-0.2, -0.15) is 0 Å². The highest BCUT2D eigenvalue weighted by atomic mass is 16.5. The molecule has 0 fully saturated rings. The van der Waals surface area contributed by atoms with Crippen LogP contribution < -0.4 is 5.32 Å². The molecule has 4 heteroatoms. The van der Waals surface area contributed by atoms with E-state index in [1.807, 2.05) is 0 Å². The second-order valence-electron chi connectivity index (χ2n) is 4.84. The van der Waals surface area contributed by atoms with Crippen LogP contribution in [0.4, 0.5) is 0 Å². The first-order chi connectivity index (χ1) is 9.38. The molecule has 19 heavy (non-hydrogen) atoms. The van der Waals surface area contributed by atoms with Crippen LogP contribution in [0.15, 0.2) is 24.3 Å². The zero-order chi connectivity index (χ0) is 13.1. The quantitative estimate of drug-likeness (QED) is 0.804. The minimum absolute atomic E-state index is 0.725. The molecule has 0 amide bonds. The Morgan fingerprint density at radius 3 is 3.11 bits per heavy atom. The van der Waals surface area contributed by atoms with E-state index in [1.165, 1.54) is 16.8 Å². The van der Waals surface area contributed by atoms with Crippen LogP contribution in [0.2, 0.25) is 0 Å². The number of nitrogens with zero attached hydrogens (tertiary/aromatic N) is 1. The van der Waals surface area contributed by atoms with Crippen LogP contribution >= 0.6 is 0 Å². The van der Waals surface area contributed by atoms with Gasteiger partial charge in [0.2, 0.25) is 0 Å². The molecular formula is C15H19N3O. The first-order valence-electron chi connectivity index (χ1n) is 6.74. The SMILES string of the molecule is COCCNCc1nc2c([nH]1)CCc1ccccc1-2. The molecule has 1 aromatic heterocycles. The summed E-state index contributed by atoms with van der Waals surface area (Å²) >= 11 is 0. The van der Waals surface area contributed by atoms with E-state index in [4.69, 9.17) is 9.72 Å². The Labute approximate surface area is 113 Å². The first-order valence-corrected chi connectivity index (χ1v) is 6.74. The molecule has 0 atom stereocenters. The average Bonchev–Trinajstić information content (AvgIpc) is 2.87. The fourth-order valence-electron chi connectivity index (χ4n) is 2.56. The number of rotatable bonds is 5. The summed E-state index contributed by atoms with van der Waals surface area (Å²) < 4.78 is 5.01. The minimum Gasteiger partial charge on any atom is -0.383 e. The van der Waals surface area contributed by atoms with Gasteiger partial charge in [0.1, 0.15) is 5.82 Å². The van der Waals surface area contributed by atoms with E-state index in [1.54, 1.807) is 7.11 Å². The number of benzene rings is 1. The topological polar surface area (TPSA) is 49.9 Å². The van der Waals surface area contributed by atoms with Gasteiger partial charge in [0.25, 0.3) is 0 Å². The highest BCUT2D eigenvalue weighted by Gasteiger charge is 2.19. The maximum Gasteiger partial charge on any atom is 0.121 e. The smallest absolute Gasteiger partial charge is 0.121 e. The summed E-state index contributed by atoms with van der Waals surface area (Å²) in [5, 5.41) is 3.32. The van der Waals surface area contributed by atoms with Crippen LogP contribution in [0.25, 0.3) is 11.3 Å². The average molecular weight is 257 g/mol. The van der Waals surface area contributed by atoms with E-state index in [2.05, 4.69) is 34.6 Å². The van der Waals surface area contributed by atoms with E-state index >= 15 is 0 Å². The summed E-state index contributed by atoms with van der Waals surface area (Å²) in [7, 11) is 1.71. The van der Waals surface area contributed by atoms with Gasteiger partial charge >= 0.3 is 0 Å². The van der Waals surface area contributed by atoms with Crippen molar-refractivity contribution < 1.29 is 4.74 Å². The fourth-order valence-corrected chi connectivity index (χ4v) is 2.56. The molecule has 1 heterocycles. The Morgan fingerprint density at radius 2 is 2.21 bits per heavy atom. The normalized spacial score (nSPS) is 13.1. The number of imidazole rings is 1. The van der Waals surface area contributed by atoms with Crippen molar-refractivity contribution in [2.45, 2.75) is 19.4 Å². The number of methoxy groups -OCH3 is 1. The van der Waals surface area contributed by atoms with Crippen LogP contribution in [-0.2, 0) is 24.1 Å². The molecule has 0 radical (unpaired) electrons. The highest BCUT2D eigenvalue weighted by Crippen LogP contribution is 2.31. The number of fused-ring (bicyclic) bond motifs is 3. The number of hydrogen-bond donors (Lipinski definition) is 2. The summed E-state index contributed by atoms with van der Waals surface area (Å²) in [6.45, 7) is 2.33. The number of aromatic amines is 1. The van der Waals surface area contributed by atoms with Gasteiger partial charge < -0.3 is 15.0 Å². The molecule has 0 aliphatic heterocycles. The molecule has 4 nitrogen and oxygen atoms in total. The van der Waals surface area contributed by atoms with Crippen molar-refractivity contribution in [2.75, 3.05) is 20.3 Å². The predicted octanol–water partition coefficient (Wildman–Crippen LogP) is 1.91. The molecule has 0 bridgehead atoms. The van der Waals surface area contributed by atoms with Gasteiger partial charge in [-0.25, -0.2) is 4.98 Å². The monoisotopic (exact) mass is 257 g/mol.